The van der Waals surface area contributed by atoms with Crippen LogP contribution in [0.4, 0.5) is 0 Å². The fraction of sp³-hybridized carbons (Fsp3) is 0.818. The molecule has 1 aliphatic carbocycles. The van der Waals surface area contributed by atoms with Gasteiger partial charge in [-0.2, -0.15) is 0 Å². The average molecular weight is 228 g/mol. The first-order valence-corrected chi connectivity index (χ1v) is 6.05. The minimum Gasteiger partial charge on any atom is -0.393 e. The second kappa shape index (κ2) is 5.45. The van der Waals surface area contributed by atoms with E-state index in [-0.39, 0.29) is 17.7 Å². The van der Waals surface area contributed by atoms with Gasteiger partial charge in [0, 0.05) is 24.9 Å². The van der Waals surface area contributed by atoms with E-state index in [1.54, 1.807) is 0 Å². The van der Waals surface area contributed by atoms with Gasteiger partial charge in [0.2, 0.25) is 5.91 Å². The summed E-state index contributed by atoms with van der Waals surface area (Å²) in [5.74, 6) is 0.666. The zero-order valence-corrected chi connectivity index (χ0v) is 10.3. The lowest BCUT2D eigenvalue weighted by Crippen LogP contribution is -2.42. The Hall–Kier alpha value is -0.640. The third-order valence-electron chi connectivity index (χ3n) is 3.13. The van der Waals surface area contributed by atoms with Gasteiger partial charge in [-0.05, 0) is 19.8 Å². The van der Waals surface area contributed by atoms with Gasteiger partial charge in [0.15, 0.2) is 0 Å². The van der Waals surface area contributed by atoms with Crippen molar-refractivity contribution in [2.24, 2.45) is 17.6 Å². The Morgan fingerprint density at radius 2 is 2.20 bits per heavy atom. The molecule has 4 heteroatoms. The first kappa shape index (κ1) is 12.4. The molecule has 15 heavy (non-hydrogen) atoms. The molecule has 0 aromatic rings. The summed E-state index contributed by atoms with van der Waals surface area (Å²) in [5, 5.41) is 0. The zero-order valence-electron chi connectivity index (χ0n) is 9.53. The molecule has 1 fully saturated rings. The summed E-state index contributed by atoms with van der Waals surface area (Å²) < 4.78 is 0. The molecular formula is C11H20N2OS. The molecule has 3 nitrogen and oxygen atoms in total. The molecule has 1 saturated carbocycles. The highest BCUT2D eigenvalue weighted by Gasteiger charge is 2.29. The number of carbonyl (C=O) groups excluding carboxylic acids is 1. The molecule has 1 aliphatic rings. The zero-order chi connectivity index (χ0) is 11.4. The van der Waals surface area contributed by atoms with Crippen molar-refractivity contribution < 1.29 is 4.79 Å². The van der Waals surface area contributed by atoms with Gasteiger partial charge in [-0.1, -0.05) is 25.6 Å². The topological polar surface area (TPSA) is 46.3 Å². The van der Waals surface area contributed by atoms with Crippen LogP contribution in [0.5, 0.6) is 0 Å². The van der Waals surface area contributed by atoms with Crippen LogP contribution in [-0.2, 0) is 4.79 Å². The lowest BCUT2D eigenvalue weighted by molar-refractivity contribution is -0.138. The Morgan fingerprint density at radius 1 is 1.60 bits per heavy atom. The van der Waals surface area contributed by atoms with Crippen LogP contribution in [0.2, 0.25) is 0 Å². The van der Waals surface area contributed by atoms with Gasteiger partial charge < -0.3 is 10.6 Å². The summed E-state index contributed by atoms with van der Waals surface area (Å²) in [6, 6.07) is 0. The Labute approximate surface area is 97.0 Å². The predicted molar refractivity (Wildman–Crippen MR) is 65.5 cm³/mol. The third kappa shape index (κ3) is 3.16. The van der Waals surface area contributed by atoms with Crippen molar-refractivity contribution in [3.8, 4) is 0 Å². The molecule has 1 unspecified atom stereocenters. The van der Waals surface area contributed by atoms with Gasteiger partial charge in [0.25, 0.3) is 0 Å². The number of rotatable bonds is 5. The molecule has 0 bridgehead atoms. The molecule has 1 atom stereocenters. The maximum atomic E-state index is 12.0. The van der Waals surface area contributed by atoms with Crippen molar-refractivity contribution in [2.75, 3.05) is 13.1 Å². The van der Waals surface area contributed by atoms with Crippen molar-refractivity contribution in [1.82, 2.24) is 4.90 Å². The van der Waals surface area contributed by atoms with E-state index in [1.165, 1.54) is 6.42 Å². The van der Waals surface area contributed by atoms with Crippen molar-refractivity contribution in [1.29, 1.82) is 0 Å². The Bertz CT molecular complexity index is 251. The highest BCUT2D eigenvalue weighted by molar-refractivity contribution is 7.80. The average Bonchev–Trinajstić information content (AvgIpc) is 2.10. The maximum Gasteiger partial charge on any atom is 0.225 e. The van der Waals surface area contributed by atoms with E-state index >= 15 is 0 Å². The number of nitrogens with two attached hydrogens (primary N) is 1. The predicted octanol–water partition coefficient (Wildman–Crippen LogP) is 1.56. The lowest BCUT2D eigenvalue weighted by Gasteiger charge is -2.32. The van der Waals surface area contributed by atoms with Crippen molar-refractivity contribution >= 4 is 23.1 Å². The van der Waals surface area contributed by atoms with Gasteiger partial charge in [0.1, 0.15) is 0 Å². The molecule has 0 aromatic carbocycles. The lowest BCUT2D eigenvalue weighted by atomic mass is 9.84. The first-order valence-electron chi connectivity index (χ1n) is 5.64. The molecule has 86 valence electrons. The van der Waals surface area contributed by atoms with E-state index in [1.807, 2.05) is 18.7 Å². The number of hydrogen-bond acceptors (Lipinski definition) is 2. The highest BCUT2D eigenvalue weighted by Crippen LogP contribution is 2.28. The summed E-state index contributed by atoms with van der Waals surface area (Å²) in [4.78, 5) is 14.3. The third-order valence-corrected chi connectivity index (χ3v) is 3.53. The molecule has 0 saturated heterocycles. The van der Waals surface area contributed by atoms with Crippen molar-refractivity contribution in [2.45, 2.75) is 33.1 Å². The summed E-state index contributed by atoms with van der Waals surface area (Å²) in [5.41, 5.74) is 5.56. The summed E-state index contributed by atoms with van der Waals surface area (Å²) in [6.07, 6.45) is 3.30. The van der Waals surface area contributed by atoms with E-state index in [0.29, 0.717) is 11.5 Å². The van der Waals surface area contributed by atoms with Crippen LogP contribution >= 0.6 is 12.2 Å². The molecule has 0 radical (unpaired) electrons. The van der Waals surface area contributed by atoms with Crippen LogP contribution in [0.15, 0.2) is 0 Å². The van der Waals surface area contributed by atoms with E-state index in [9.17, 15) is 4.79 Å². The molecular weight excluding hydrogens is 208 g/mol. The van der Waals surface area contributed by atoms with Crippen LogP contribution in [0.3, 0.4) is 0 Å². The molecule has 0 aliphatic heterocycles. The monoisotopic (exact) mass is 228 g/mol. The Morgan fingerprint density at radius 3 is 2.53 bits per heavy atom. The summed E-state index contributed by atoms with van der Waals surface area (Å²) in [7, 11) is 0. The molecule has 2 N–H and O–H groups in total. The standard InChI is InChI=1S/C11H20N2OS/c1-3-13(7-8(2)10(12)15)11(14)9-5-4-6-9/h8-9H,3-7H2,1-2H3,(H2,12,15). The van der Waals surface area contributed by atoms with Gasteiger partial charge in [0.05, 0.1) is 4.99 Å². The Balaban J connectivity index is 2.47. The highest BCUT2D eigenvalue weighted by atomic mass is 32.1. The minimum atomic E-state index is 0.115. The van der Waals surface area contributed by atoms with Crippen molar-refractivity contribution in [3.05, 3.63) is 0 Å². The van der Waals surface area contributed by atoms with E-state index in [0.717, 1.165) is 19.4 Å². The second-order valence-electron chi connectivity index (χ2n) is 4.31. The minimum absolute atomic E-state index is 0.115. The molecule has 0 spiro atoms. The molecule has 0 heterocycles. The number of thiocarbonyl (C=S) groups is 1. The second-order valence-corrected chi connectivity index (χ2v) is 4.78. The number of hydrogen-bond donors (Lipinski definition) is 1. The van der Waals surface area contributed by atoms with Crippen molar-refractivity contribution in [3.63, 3.8) is 0 Å². The van der Waals surface area contributed by atoms with E-state index < -0.39 is 0 Å². The van der Waals surface area contributed by atoms with Gasteiger partial charge in [-0.15, -0.1) is 0 Å². The molecule has 1 rings (SSSR count). The smallest absolute Gasteiger partial charge is 0.225 e. The van der Waals surface area contributed by atoms with Crippen LogP contribution < -0.4 is 5.73 Å². The normalized spacial score (nSPS) is 18.0. The molecule has 0 aromatic heterocycles. The van der Waals surface area contributed by atoms with Crippen LogP contribution in [-0.4, -0.2) is 28.9 Å². The van der Waals surface area contributed by atoms with E-state index in [4.69, 9.17) is 18.0 Å². The quantitative estimate of drug-likeness (QED) is 0.726. The number of amides is 1. The number of carbonyl (C=O) groups is 1. The van der Waals surface area contributed by atoms with Gasteiger partial charge in [-0.3, -0.25) is 4.79 Å². The largest absolute Gasteiger partial charge is 0.393 e. The van der Waals surface area contributed by atoms with Crippen LogP contribution in [0, 0.1) is 11.8 Å². The van der Waals surface area contributed by atoms with Crippen LogP contribution in [0.1, 0.15) is 33.1 Å². The Kier molecular flexibility index (Phi) is 4.51. The SMILES string of the molecule is CCN(CC(C)C(N)=S)C(=O)C1CCC1. The van der Waals surface area contributed by atoms with Gasteiger partial charge in [-0.25, -0.2) is 0 Å². The van der Waals surface area contributed by atoms with E-state index in [2.05, 4.69) is 0 Å². The summed E-state index contributed by atoms with van der Waals surface area (Å²) >= 11 is 4.92. The summed E-state index contributed by atoms with van der Waals surface area (Å²) in [6.45, 7) is 5.39. The maximum absolute atomic E-state index is 12.0. The first-order chi connectivity index (χ1) is 7.06. The molecule has 1 amide bonds. The van der Waals surface area contributed by atoms with Crippen LogP contribution in [0.25, 0.3) is 0 Å². The number of nitrogens with zero attached hydrogens (tertiary/aromatic N) is 1. The fourth-order valence-electron chi connectivity index (χ4n) is 1.71. The fourth-order valence-corrected chi connectivity index (χ4v) is 1.78. The van der Waals surface area contributed by atoms with Gasteiger partial charge >= 0.3 is 0 Å².